The number of nitrogens with one attached hydrogen (secondary N) is 3. The Kier molecular flexibility index (Phi) is 7.49. The highest BCUT2D eigenvalue weighted by Gasteiger charge is 2.31. The lowest BCUT2D eigenvalue weighted by atomic mass is 9.77. The Morgan fingerprint density at radius 2 is 1.82 bits per heavy atom. The van der Waals surface area contributed by atoms with Crippen LogP contribution in [0.4, 0.5) is 20.6 Å². The molecule has 0 saturated heterocycles. The summed E-state index contributed by atoms with van der Waals surface area (Å²) in [5, 5.41) is 17.6. The first-order valence-electron chi connectivity index (χ1n) is 11.6. The minimum atomic E-state index is -0.775. The van der Waals surface area contributed by atoms with Crippen molar-refractivity contribution in [3.05, 3.63) is 47.8 Å². The van der Waals surface area contributed by atoms with Gasteiger partial charge in [-0.3, -0.25) is 9.78 Å². The molecule has 0 aromatic carbocycles. The molecule has 2 atom stereocenters. The number of halogens is 1. The van der Waals surface area contributed by atoms with Gasteiger partial charge in [-0.1, -0.05) is 38.5 Å². The number of anilines is 2. The zero-order valence-electron chi connectivity index (χ0n) is 18.5. The van der Waals surface area contributed by atoms with Gasteiger partial charge in [0.05, 0.1) is 12.3 Å². The molecule has 176 valence electrons. The molecule has 33 heavy (non-hydrogen) atoms. The van der Waals surface area contributed by atoms with E-state index in [0.29, 0.717) is 11.6 Å². The van der Waals surface area contributed by atoms with Crippen molar-refractivity contribution in [2.75, 3.05) is 10.6 Å². The Morgan fingerprint density at radius 3 is 2.61 bits per heavy atom. The maximum Gasteiger partial charge on any atom is 0.323 e. The second-order valence-electron chi connectivity index (χ2n) is 8.97. The summed E-state index contributed by atoms with van der Waals surface area (Å²) in [6.07, 6.45) is 12.3. The number of aromatic nitrogens is 2. The van der Waals surface area contributed by atoms with Crippen LogP contribution < -0.4 is 16.0 Å². The third kappa shape index (κ3) is 6.04. The molecule has 2 aromatic rings. The maximum absolute atomic E-state index is 13.4. The van der Waals surface area contributed by atoms with Gasteiger partial charge in [-0.05, 0) is 36.8 Å². The van der Waals surface area contributed by atoms with Crippen molar-refractivity contribution < 1.29 is 19.1 Å². The predicted molar refractivity (Wildman–Crippen MR) is 122 cm³/mol. The van der Waals surface area contributed by atoms with E-state index < -0.39 is 18.6 Å². The number of amides is 3. The number of urea groups is 1. The number of rotatable bonds is 6. The number of pyridine rings is 2. The van der Waals surface area contributed by atoms with Gasteiger partial charge < -0.3 is 21.1 Å². The molecule has 4 N–H and O–H groups in total. The van der Waals surface area contributed by atoms with Crippen LogP contribution in [0.1, 0.15) is 67.4 Å². The standard InChI is InChI=1S/C24H30FN5O3/c25-22-12-20(17(14-31)13-27-22)30-24(33)29-19-8-9-26-21(11-19)23(32)28-18-7-3-6-16(10-18)15-4-1-2-5-15/h8-9,11-13,15-16,18,31H,1-7,10,14H2,(H,28,32)(H2,26,27,29,30,33). The molecule has 2 aliphatic carbocycles. The number of hydrogen-bond acceptors (Lipinski definition) is 5. The largest absolute Gasteiger partial charge is 0.392 e. The van der Waals surface area contributed by atoms with E-state index in [4.69, 9.17) is 0 Å². The number of aliphatic hydroxyl groups is 1. The van der Waals surface area contributed by atoms with Crippen molar-refractivity contribution in [3.63, 3.8) is 0 Å². The second-order valence-corrected chi connectivity index (χ2v) is 8.97. The van der Waals surface area contributed by atoms with Crippen molar-refractivity contribution >= 4 is 23.3 Å². The Bertz CT molecular complexity index is 996. The summed E-state index contributed by atoms with van der Waals surface area (Å²) < 4.78 is 13.4. The molecule has 4 rings (SSSR count). The molecule has 2 unspecified atom stereocenters. The summed E-state index contributed by atoms with van der Waals surface area (Å²) in [6.45, 7) is -0.398. The van der Waals surface area contributed by atoms with Crippen LogP contribution in [0, 0.1) is 17.8 Å². The molecular formula is C24H30FN5O3. The lowest BCUT2D eigenvalue weighted by Gasteiger charge is -2.33. The van der Waals surface area contributed by atoms with Crippen LogP contribution in [-0.4, -0.2) is 33.1 Å². The first-order valence-corrected chi connectivity index (χ1v) is 11.6. The number of hydrogen-bond donors (Lipinski definition) is 4. The smallest absolute Gasteiger partial charge is 0.323 e. The summed E-state index contributed by atoms with van der Waals surface area (Å²) in [7, 11) is 0. The van der Waals surface area contributed by atoms with Gasteiger partial charge in [0.1, 0.15) is 5.69 Å². The number of aliphatic hydroxyl groups excluding tert-OH is 1. The number of carbonyl (C=O) groups is 2. The number of nitrogens with zero attached hydrogens (tertiary/aromatic N) is 2. The van der Waals surface area contributed by atoms with Crippen LogP contribution in [0.2, 0.25) is 0 Å². The molecule has 3 amide bonds. The first kappa shape index (κ1) is 23.1. The van der Waals surface area contributed by atoms with E-state index in [2.05, 4.69) is 25.9 Å². The Labute approximate surface area is 192 Å². The average molecular weight is 456 g/mol. The molecule has 0 spiro atoms. The third-order valence-corrected chi connectivity index (χ3v) is 6.74. The van der Waals surface area contributed by atoms with Crippen molar-refractivity contribution in [3.8, 4) is 0 Å². The molecule has 0 bridgehead atoms. The van der Waals surface area contributed by atoms with Crippen molar-refractivity contribution in [1.29, 1.82) is 0 Å². The lowest BCUT2D eigenvalue weighted by molar-refractivity contribution is 0.0905. The molecule has 2 fully saturated rings. The quantitative estimate of drug-likeness (QED) is 0.487. The van der Waals surface area contributed by atoms with Gasteiger partial charge in [0.25, 0.3) is 5.91 Å². The summed E-state index contributed by atoms with van der Waals surface area (Å²) in [4.78, 5) is 32.8. The van der Waals surface area contributed by atoms with E-state index in [-0.39, 0.29) is 28.9 Å². The Morgan fingerprint density at radius 1 is 1.03 bits per heavy atom. The van der Waals surface area contributed by atoms with Crippen molar-refractivity contribution in [2.24, 2.45) is 11.8 Å². The molecule has 0 radical (unpaired) electrons. The molecule has 9 heteroatoms. The molecule has 2 aliphatic rings. The molecule has 2 aromatic heterocycles. The second kappa shape index (κ2) is 10.7. The van der Waals surface area contributed by atoms with Gasteiger partial charge in [-0.15, -0.1) is 0 Å². The molecular weight excluding hydrogens is 425 g/mol. The van der Waals surface area contributed by atoms with Crippen molar-refractivity contribution in [1.82, 2.24) is 15.3 Å². The van der Waals surface area contributed by atoms with Crippen LogP contribution in [0.5, 0.6) is 0 Å². The van der Waals surface area contributed by atoms with Gasteiger partial charge in [0, 0.05) is 35.8 Å². The van der Waals surface area contributed by atoms with E-state index in [0.717, 1.165) is 37.4 Å². The lowest BCUT2D eigenvalue weighted by Crippen LogP contribution is -2.39. The molecule has 2 saturated carbocycles. The summed E-state index contributed by atoms with van der Waals surface area (Å²) in [6, 6.07) is 3.61. The van der Waals surface area contributed by atoms with E-state index in [9.17, 15) is 19.1 Å². The first-order chi connectivity index (χ1) is 16.0. The minimum Gasteiger partial charge on any atom is -0.392 e. The fourth-order valence-corrected chi connectivity index (χ4v) is 5.09. The fraction of sp³-hybridized carbons (Fsp3) is 0.500. The topological polar surface area (TPSA) is 116 Å². The van der Waals surface area contributed by atoms with Gasteiger partial charge in [0.15, 0.2) is 0 Å². The van der Waals surface area contributed by atoms with Gasteiger partial charge in [-0.2, -0.15) is 4.39 Å². The highest BCUT2D eigenvalue weighted by molar-refractivity contribution is 6.01. The molecule has 8 nitrogen and oxygen atoms in total. The Balaban J connectivity index is 1.34. The molecule has 0 aliphatic heterocycles. The third-order valence-electron chi connectivity index (χ3n) is 6.74. The van der Waals surface area contributed by atoms with Crippen LogP contribution in [0.25, 0.3) is 0 Å². The van der Waals surface area contributed by atoms with Gasteiger partial charge in [-0.25, -0.2) is 9.78 Å². The highest BCUT2D eigenvalue weighted by atomic mass is 19.1. The summed E-state index contributed by atoms with van der Waals surface area (Å²) in [5.74, 6) is 0.463. The van der Waals surface area contributed by atoms with Crippen LogP contribution >= 0.6 is 0 Å². The monoisotopic (exact) mass is 455 g/mol. The SMILES string of the molecule is O=C(Nc1ccnc(C(=O)NC2CCCC(C3CCCC3)C2)c1)Nc1cc(F)ncc1CO. The fourth-order valence-electron chi connectivity index (χ4n) is 5.09. The zero-order valence-corrected chi connectivity index (χ0v) is 18.5. The normalized spacial score (nSPS) is 20.9. The average Bonchev–Trinajstić information content (AvgIpc) is 3.35. The van der Waals surface area contributed by atoms with Crippen LogP contribution in [0.3, 0.4) is 0 Å². The Hall–Kier alpha value is -3.07. The summed E-state index contributed by atoms with van der Waals surface area (Å²) >= 11 is 0. The highest BCUT2D eigenvalue weighted by Crippen LogP contribution is 2.39. The minimum absolute atomic E-state index is 0.114. The summed E-state index contributed by atoms with van der Waals surface area (Å²) in [5.41, 5.74) is 0.996. The van der Waals surface area contributed by atoms with E-state index >= 15 is 0 Å². The van der Waals surface area contributed by atoms with Gasteiger partial charge >= 0.3 is 6.03 Å². The predicted octanol–water partition coefficient (Wildman–Crippen LogP) is 4.23. The van der Waals surface area contributed by atoms with E-state index in [1.807, 2.05) is 0 Å². The number of carbonyl (C=O) groups excluding carboxylic acids is 2. The molecule has 2 heterocycles. The van der Waals surface area contributed by atoms with E-state index in [1.54, 1.807) is 6.07 Å². The van der Waals surface area contributed by atoms with Crippen LogP contribution in [0.15, 0.2) is 30.6 Å². The zero-order chi connectivity index (χ0) is 23.2. The van der Waals surface area contributed by atoms with E-state index in [1.165, 1.54) is 44.4 Å². The maximum atomic E-state index is 13.4. The van der Waals surface area contributed by atoms with Crippen molar-refractivity contribution in [2.45, 2.75) is 64.0 Å². The van der Waals surface area contributed by atoms with Crippen LogP contribution in [-0.2, 0) is 6.61 Å². The van der Waals surface area contributed by atoms with Gasteiger partial charge in [0.2, 0.25) is 5.95 Å².